The van der Waals surface area contributed by atoms with Crippen molar-refractivity contribution in [3.05, 3.63) is 0 Å². The number of hydrogen-bond acceptors (Lipinski definition) is 3. The lowest BCUT2D eigenvalue weighted by Crippen LogP contribution is -2.40. The topological polar surface area (TPSA) is 81.1 Å². The third-order valence-electron chi connectivity index (χ3n) is 2.21. The van der Waals surface area contributed by atoms with E-state index in [0.717, 1.165) is 38.8 Å². The second kappa shape index (κ2) is 15.0. The summed E-state index contributed by atoms with van der Waals surface area (Å²) in [7, 11) is 0. The van der Waals surface area contributed by atoms with Gasteiger partial charge in [-0.1, -0.05) is 19.8 Å². The SMILES string of the molecule is CC[C@H](N)C(=O)NCCCCCCN.Cl.Cl. The molecule has 0 radical (unpaired) electrons. The van der Waals surface area contributed by atoms with Crippen molar-refractivity contribution in [1.29, 1.82) is 0 Å². The van der Waals surface area contributed by atoms with E-state index in [2.05, 4.69) is 5.32 Å². The zero-order chi connectivity index (χ0) is 10.8. The Hall–Kier alpha value is -0.0300. The molecule has 0 saturated carbocycles. The van der Waals surface area contributed by atoms with E-state index < -0.39 is 0 Å². The predicted octanol–water partition coefficient (Wildman–Crippen LogP) is 1.20. The fraction of sp³-hybridized carbons (Fsp3) is 0.900. The first-order valence-electron chi connectivity index (χ1n) is 5.45. The van der Waals surface area contributed by atoms with Crippen LogP contribution in [0.2, 0.25) is 0 Å². The molecule has 0 spiro atoms. The molecule has 1 amide bonds. The molecule has 0 aromatic heterocycles. The molecule has 0 rings (SSSR count). The predicted molar refractivity (Wildman–Crippen MR) is 73.3 cm³/mol. The number of amides is 1. The van der Waals surface area contributed by atoms with E-state index in [1.165, 1.54) is 0 Å². The lowest BCUT2D eigenvalue weighted by Gasteiger charge is -2.09. The Bertz CT molecular complexity index is 159. The van der Waals surface area contributed by atoms with Gasteiger partial charge in [0.25, 0.3) is 0 Å². The fourth-order valence-corrected chi connectivity index (χ4v) is 1.15. The summed E-state index contributed by atoms with van der Waals surface area (Å²) in [5.41, 5.74) is 10.9. The van der Waals surface area contributed by atoms with Crippen molar-refractivity contribution in [1.82, 2.24) is 5.32 Å². The molecule has 0 bridgehead atoms. The first kappa shape index (κ1) is 21.3. The Labute approximate surface area is 111 Å². The second-order valence-corrected chi connectivity index (χ2v) is 3.51. The van der Waals surface area contributed by atoms with Crippen LogP contribution in [0.3, 0.4) is 0 Å². The van der Waals surface area contributed by atoms with Crippen LogP contribution in [0, 0.1) is 0 Å². The molecule has 1 atom stereocenters. The van der Waals surface area contributed by atoms with Crippen molar-refractivity contribution in [2.75, 3.05) is 13.1 Å². The average Bonchev–Trinajstić information content (AvgIpc) is 2.21. The van der Waals surface area contributed by atoms with E-state index in [9.17, 15) is 4.79 Å². The Kier molecular flexibility index (Phi) is 19.9. The number of hydrogen-bond donors (Lipinski definition) is 3. The molecule has 0 aromatic carbocycles. The zero-order valence-electron chi connectivity index (χ0n) is 9.91. The fourth-order valence-electron chi connectivity index (χ4n) is 1.15. The standard InChI is InChI=1S/C10H23N3O.2ClH/c1-2-9(12)10(14)13-8-6-4-3-5-7-11;;/h9H,2-8,11-12H2,1H3,(H,13,14);2*1H/t9-;;/m0../s1. The van der Waals surface area contributed by atoms with Gasteiger partial charge < -0.3 is 16.8 Å². The van der Waals surface area contributed by atoms with Crippen LogP contribution in [0.4, 0.5) is 0 Å². The van der Waals surface area contributed by atoms with Gasteiger partial charge >= 0.3 is 0 Å². The molecule has 0 aliphatic carbocycles. The summed E-state index contributed by atoms with van der Waals surface area (Å²) < 4.78 is 0. The minimum Gasteiger partial charge on any atom is -0.355 e. The van der Waals surface area contributed by atoms with Gasteiger partial charge in [0.15, 0.2) is 0 Å². The number of unbranched alkanes of at least 4 members (excludes halogenated alkanes) is 3. The monoisotopic (exact) mass is 273 g/mol. The first-order chi connectivity index (χ1) is 6.72. The highest BCUT2D eigenvalue weighted by Gasteiger charge is 2.08. The summed E-state index contributed by atoms with van der Waals surface area (Å²) >= 11 is 0. The van der Waals surface area contributed by atoms with E-state index in [1.807, 2.05) is 6.92 Å². The van der Waals surface area contributed by atoms with E-state index >= 15 is 0 Å². The molecule has 0 fully saturated rings. The van der Waals surface area contributed by atoms with Gasteiger partial charge in [0.1, 0.15) is 0 Å². The minimum absolute atomic E-state index is 0. The maximum Gasteiger partial charge on any atom is 0.236 e. The summed E-state index contributed by atoms with van der Waals surface area (Å²) in [5, 5.41) is 2.82. The van der Waals surface area contributed by atoms with Crippen molar-refractivity contribution in [2.24, 2.45) is 11.5 Å². The molecule has 16 heavy (non-hydrogen) atoms. The van der Waals surface area contributed by atoms with E-state index in [4.69, 9.17) is 11.5 Å². The molecule has 4 nitrogen and oxygen atoms in total. The summed E-state index contributed by atoms with van der Waals surface area (Å²) in [6.07, 6.45) is 5.05. The van der Waals surface area contributed by atoms with Crippen molar-refractivity contribution < 1.29 is 4.79 Å². The molecule has 0 unspecified atom stereocenters. The lowest BCUT2D eigenvalue weighted by molar-refractivity contribution is -0.122. The molecule has 100 valence electrons. The molecule has 0 aliphatic heterocycles. The highest BCUT2D eigenvalue weighted by Crippen LogP contribution is 1.97. The maximum atomic E-state index is 11.2. The Balaban J connectivity index is -0.000000845. The zero-order valence-corrected chi connectivity index (χ0v) is 11.5. The molecular formula is C10H25Cl2N3O. The van der Waals surface area contributed by atoms with Crippen molar-refractivity contribution >= 4 is 30.7 Å². The molecule has 0 aliphatic rings. The second-order valence-electron chi connectivity index (χ2n) is 3.51. The van der Waals surface area contributed by atoms with Crippen LogP contribution < -0.4 is 16.8 Å². The van der Waals surface area contributed by atoms with Crippen LogP contribution in [0.15, 0.2) is 0 Å². The number of nitrogens with one attached hydrogen (secondary N) is 1. The van der Waals surface area contributed by atoms with Crippen LogP contribution in [0.25, 0.3) is 0 Å². The summed E-state index contributed by atoms with van der Waals surface area (Å²) in [4.78, 5) is 11.2. The normalized spacial score (nSPS) is 10.9. The number of nitrogens with two attached hydrogens (primary N) is 2. The number of carbonyl (C=O) groups is 1. The molecular weight excluding hydrogens is 249 g/mol. The Morgan fingerprint density at radius 1 is 1.19 bits per heavy atom. The van der Waals surface area contributed by atoms with Crippen LogP contribution >= 0.6 is 24.8 Å². The van der Waals surface area contributed by atoms with E-state index in [0.29, 0.717) is 6.42 Å². The smallest absolute Gasteiger partial charge is 0.236 e. The molecule has 0 heterocycles. The van der Waals surface area contributed by atoms with Gasteiger partial charge in [-0.3, -0.25) is 4.79 Å². The molecule has 6 heteroatoms. The average molecular weight is 274 g/mol. The van der Waals surface area contributed by atoms with Crippen molar-refractivity contribution in [3.63, 3.8) is 0 Å². The number of carbonyl (C=O) groups excluding carboxylic acids is 1. The van der Waals surface area contributed by atoms with Crippen LogP contribution in [-0.4, -0.2) is 25.0 Å². The van der Waals surface area contributed by atoms with Crippen molar-refractivity contribution in [3.8, 4) is 0 Å². The van der Waals surface area contributed by atoms with Gasteiger partial charge in [-0.25, -0.2) is 0 Å². The molecule has 0 saturated heterocycles. The van der Waals surface area contributed by atoms with Crippen molar-refractivity contribution in [2.45, 2.75) is 45.1 Å². The van der Waals surface area contributed by atoms with Crippen LogP contribution in [-0.2, 0) is 4.79 Å². The summed E-state index contributed by atoms with van der Waals surface area (Å²) in [6.45, 7) is 3.40. The molecule has 5 N–H and O–H groups in total. The number of rotatable bonds is 8. The van der Waals surface area contributed by atoms with Gasteiger partial charge in [0.05, 0.1) is 6.04 Å². The van der Waals surface area contributed by atoms with Crippen LogP contribution in [0.1, 0.15) is 39.0 Å². The van der Waals surface area contributed by atoms with Gasteiger partial charge in [-0.15, -0.1) is 24.8 Å². The third kappa shape index (κ3) is 12.0. The van der Waals surface area contributed by atoms with Gasteiger partial charge in [0, 0.05) is 6.54 Å². The van der Waals surface area contributed by atoms with Gasteiger partial charge in [-0.05, 0) is 25.8 Å². The number of halogens is 2. The van der Waals surface area contributed by atoms with E-state index in [-0.39, 0.29) is 36.8 Å². The summed E-state index contributed by atoms with van der Waals surface area (Å²) in [6, 6.07) is -0.348. The lowest BCUT2D eigenvalue weighted by atomic mass is 10.2. The third-order valence-corrected chi connectivity index (χ3v) is 2.21. The Morgan fingerprint density at radius 3 is 2.25 bits per heavy atom. The maximum absolute atomic E-state index is 11.2. The largest absolute Gasteiger partial charge is 0.355 e. The molecule has 0 aromatic rings. The van der Waals surface area contributed by atoms with E-state index in [1.54, 1.807) is 0 Å². The quantitative estimate of drug-likeness (QED) is 0.582. The van der Waals surface area contributed by atoms with Gasteiger partial charge in [0.2, 0.25) is 5.91 Å². The highest BCUT2D eigenvalue weighted by molar-refractivity contribution is 5.85. The van der Waals surface area contributed by atoms with Gasteiger partial charge in [-0.2, -0.15) is 0 Å². The Morgan fingerprint density at radius 2 is 1.75 bits per heavy atom. The minimum atomic E-state index is -0.348. The first-order valence-corrected chi connectivity index (χ1v) is 5.45. The van der Waals surface area contributed by atoms with Crippen LogP contribution in [0.5, 0.6) is 0 Å². The highest BCUT2D eigenvalue weighted by atomic mass is 35.5. The summed E-state index contributed by atoms with van der Waals surface area (Å²) in [5.74, 6) is -0.0358.